The number of carbonyl (C=O) groups is 1. The molecule has 0 heterocycles. The second-order valence-electron chi connectivity index (χ2n) is 7.63. The molecule has 0 atom stereocenters. The summed E-state index contributed by atoms with van der Waals surface area (Å²) in [6.45, 7) is 17.7. The minimum atomic E-state index is -0.411. The van der Waals surface area contributed by atoms with E-state index in [1.54, 1.807) is 21.6 Å². The summed E-state index contributed by atoms with van der Waals surface area (Å²) in [5, 5.41) is 5.97. The Balaban J connectivity index is -0.000000583. The van der Waals surface area contributed by atoms with Crippen molar-refractivity contribution >= 4 is 27.7 Å². The SMILES string of the molecule is CC.CC(C)NCCOCCOCCNC(=O)OCCC(C)(C)SSCOCCCCN.[HH].[HH].[HH]. The molecule has 0 aromatic heterocycles. The molecule has 4 N–H and O–H groups in total. The normalized spacial score (nSPS) is 11.2. The Morgan fingerprint density at radius 3 is 2.25 bits per heavy atom. The molecule has 1 amide bonds. The molecule has 0 unspecified atom stereocenters. The third-order valence-electron chi connectivity index (χ3n) is 3.78. The molecular weight excluding hydrogens is 450 g/mol. The third-order valence-corrected chi connectivity index (χ3v) is 6.81. The molecule has 200 valence electrons. The smallest absolute Gasteiger partial charge is 0.407 e. The summed E-state index contributed by atoms with van der Waals surface area (Å²) in [4.78, 5) is 11.7. The molecule has 0 saturated carbocycles. The fourth-order valence-corrected chi connectivity index (χ4v) is 4.35. The zero-order chi connectivity index (χ0) is 24.5. The fourth-order valence-electron chi connectivity index (χ4n) is 2.07. The van der Waals surface area contributed by atoms with Crippen molar-refractivity contribution in [1.29, 1.82) is 0 Å². The standard InChI is InChI=1S/C20H43N3O5S2.C2H6.3H2/c1-18(2)22-9-13-25-15-16-26-14-10-23-19(24)28-12-7-20(3,4)30-29-17-27-11-6-5-8-21;1-2;;;/h18,22H,5-17,21H2,1-4H3,(H,23,24);1-2H3;3*1H. The average molecular weight is 506 g/mol. The quantitative estimate of drug-likeness (QED) is 0.116. The maximum Gasteiger partial charge on any atom is 0.407 e. The Morgan fingerprint density at radius 1 is 0.969 bits per heavy atom. The van der Waals surface area contributed by atoms with E-state index in [-0.39, 0.29) is 9.03 Å². The van der Waals surface area contributed by atoms with Gasteiger partial charge >= 0.3 is 6.09 Å². The summed E-state index contributed by atoms with van der Waals surface area (Å²) in [5.74, 6) is 0.653. The van der Waals surface area contributed by atoms with E-state index in [2.05, 4.69) is 38.3 Å². The van der Waals surface area contributed by atoms with E-state index in [9.17, 15) is 4.79 Å². The van der Waals surface area contributed by atoms with Gasteiger partial charge < -0.3 is 35.3 Å². The van der Waals surface area contributed by atoms with Gasteiger partial charge in [0.2, 0.25) is 0 Å². The first-order valence-corrected chi connectivity index (χ1v) is 14.1. The van der Waals surface area contributed by atoms with Crippen molar-refractivity contribution in [3.05, 3.63) is 0 Å². The lowest BCUT2D eigenvalue weighted by atomic mass is 10.1. The summed E-state index contributed by atoms with van der Waals surface area (Å²) in [6.07, 6.45) is 2.36. The van der Waals surface area contributed by atoms with Crippen LogP contribution in [0.1, 0.15) is 65.1 Å². The number of unbranched alkanes of at least 4 members (excludes halogenated alkanes) is 1. The minimum absolute atomic E-state index is 0. The van der Waals surface area contributed by atoms with E-state index in [1.807, 2.05) is 13.8 Å². The van der Waals surface area contributed by atoms with Gasteiger partial charge in [0, 0.05) is 34.8 Å². The highest BCUT2D eigenvalue weighted by molar-refractivity contribution is 8.77. The van der Waals surface area contributed by atoms with E-state index >= 15 is 0 Å². The van der Waals surface area contributed by atoms with E-state index in [0.717, 1.165) is 32.4 Å². The van der Waals surface area contributed by atoms with Crippen molar-refractivity contribution in [3.8, 4) is 0 Å². The van der Waals surface area contributed by atoms with E-state index in [4.69, 9.17) is 24.7 Å². The molecule has 0 aromatic carbocycles. The van der Waals surface area contributed by atoms with Crippen molar-refractivity contribution < 1.29 is 28.0 Å². The average Bonchev–Trinajstić information content (AvgIpc) is 2.75. The zero-order valence-electron chi connectivity index (χ0n) is 21.2. The number of hydrogen-bond donors (Lipinski definition) is 3. The highest BCUT2D eigenvalue weighted by atomic mass is 33.1. The van der Waals surface area contributed by atoms with Crippen LogP contribution in [0.5, 0.6) is 0 Å². The maximum absolute atomic E-state index is 11.7. The van der Waals surface area contributed by atoms with Crippen LogP contribution in [-0.4, -0.2) is 82.1 Å². The van der Waals surface area contributed by atoms with E-state index in [0.29, 0.717) is 58.1 Å². The van der Waals surface area contributed by atoms with Crippen molar-refractivity contribution in [2.75, 3.05) is 65.2 Å². The van der Waals surface area contributed by atoms with Crippen LogP contribution in [-0.2, 0) is 18.9 Å². The number of carbonyl (C=O) groups excluding carboxylic acids is 1. The lowest BCUT2D eigenvalue weighted by Gasteiger charge is -2.22. The van der Waals surface area contributed by atoms with Gasteiger partial charge in [-0.1, -0.05) is 49.3 Å². The van der Waals surface area contributed by atoms with Crippen LogP contribution in [0.4, 0.5) is 4.79 Å². The number of nitrogens with one attached hydrogen (secondary N) is 2. The van der Waals surface area contributed by atoms with Crippen molar-refractivity contribution in [2.45, 2.75) is 71.6 Å². The van der Waals surface area contributed by atoms with Crippen LogP contribution in [0.3, 0.4) is 0 Å². The first-order valence-electron chi connectivity index (χ1n) is 11.8. The molecule has 0 spiro atoms. The second kappa shape index (κ2) is 25.4. The van der Waals surface area contributed by atoms with Gasteiger partial charge in [-0.25, -0.2) is 4.79 Å². The van der Waals surface area contributed by atoms with Crippen molar-refractivity contribution in [1.82, 2.24) is 10.6 Å². The van der Waals surface area contributed by atoms with Gasteiger partial charge in [0.25, 0.3) is 0 Å². The molecule has 0 aromatic rings. The van der Waals surface area contributed by atoms with Gasteiger partial charge in [0.05, 0.1) is 33.0 Å². The number of alkyl carbamates (subject to hydrolysis) is 1. The van der Waals surface area contributed by atoms with Gasteiger partial charge in [0.15, 0.2) is 0 Å². The molecule has 8 nitrogen and oxygen atoms in total. The Bertz CT molecular complexity index is 421. The molecule has 0 aliphatic carbocycles. The predicted molar refractivity (Wildman–Crippen MR) is 145 cm³/mol. The van der Waals surface area contributed by atoms with Crippen LogP contribution >= 0.6 is 21.6 Å². The van der Waals surface area contributed by atoms with Crippen LogP contribution in [0.2, 0.25) is 0 Å². The zero-order valence-corrected chi connectivity index (χ0v) is 22.8. The third kappa shape index (κ3) is 27.8. The van der Waals surface area contributed by atoms with Gasteiger partial charge in [-0.3, -0.25) is 0 Å². The maximum atomic E-state index is 11.7. The number of nitrogens with two attached hydrogens (primary N) is 1. The number of rotatable bonds is 21. The largest absolute Gasteiger partial charge is 0.450 e. The van der Waals surface area contributed by atoms with E-state index < -0.39 is 6.09 Å². The summed E-state index contributed by atoms with van der Waals surface area (Å²) < 4.78 is 21.6. The molecule has 0 bridgehead atoms. The van der Waals surface area contributed by atoms with Gasteiger partial charge in [-0.2, -0.15) is 0 Å². The highest BCUT2D eigenvalue weighted by Crippen LogP contribution is 2.37. The molecule has 10 heteroatoms. The first-order chi connectivity index (χ1) is 15.4. The first kappa shape index (κ1) is 33.9. The molecule has 0 aliphatic heterocycles. The molecule has 0 radical (unpaired) electrons. The molecule has 32 heavy (non-hydrogen) atoms. The summed E-state index contributed by atoms with van der Waals surface area (Å²) in [6, 6.07) is 0.468. The van der Waals surface area contributed by atoms with Gasteiger partial charge in [-0.15, -0.1) is 0 Å². The minimum Gasteiger partial charge on any atom is -0.450 e. The number of ether oxygens (including phenoxy) is 4. The molecular formula is C22H55N3O5S2. The Labute approximate surface area is 209 Å². The molecule has 0 aliphatic rings. The van der Waals surface area contributed by atoms with Gasteiger partial charge in [0.1, 0.15) is 5.94 Å². The molecule has 0 saturated heterocycles. The van der Waals surface area contributed by atoms with Crippen LogP contribution in [0.15, 0.2) is 0 Å². The predicted octanol–water partition coefficient (Wildman–Crippen LogP) is 4.77. The number of hydrogen-bond acceptors (Lipinski definition) is 9. The van der Waals surface area contributed by atoms with E-state index in [1.165, 1.54) is 0 Å². The van der Waals surface area contributed by atoms with Crippen LogP contribution in [0.25, 0.3) is 0 Å². The van der Waals surface area contributed by atoms with Gasteiger partial charge in [-0.05, 0) is 39.7 Å². The lowest BCUT2D eigenvalue weighted by Crippen LogP contribution is -2.30. The fraction of sp³-hybridized carbons (Fsp3) is 0.955. The van der Waals surface area contributed by atoms with Crippen LogP contribution in [0, 0.1) is 0 Å². The Kier molecular flexibility index (Phi) is 26.9. The topological polar surface area (TPSA) is 104 Å². The van der Waals surface area contributed by atoms with Crippen molar-refractivity contribution in [2.24, 2.45) is 5.73 Å². The lowest BCUT2D eigenvalue weighted by molar-refractivity contribution is 0.0489. The molecule has 0 rings (SSSR count). The second-order valence-corrected chi connectivity index (χ2v) is 10.6. The molecule has 0 fully saturated rings. The Hall–Kier alpha value is -0.230. The van der Waals surface area contributed by atoms with Crippen LogP contribution < -0.4 is 16.4 Å². The number of amides is 1. The summed E-state index contributed by atoms with van der Waals surface area (Å²) >= 11 is 0. The highest BCUT2D eigenvalue weighted by Gasteiger charge is 2.19. The Morgan fingerprint density at radius 2 is 1.62 bits per heavy atom. The monoisotopic (exact) mass is 505 g/mol. The summed E-state index contributed by atoms with van der Waals surface area (Å²) in [5.41, 5.74) is 5.45. The summed E-state index contributed by atoms with van der Waals surface area (Å²) in [7, 11) is 3.43. The van der Waals surface area contributed by atoms with Crippen molar-refractivity contribution in [3.63, 3.8) is 0 Å².